The van der Waals surface area contributed by atoms with Crippen molar-refractivity contribution in [2.24, 2.45) is 5.73 Å². The molecule has 0 aromatic heterocycles. The van der Waals surface area contributed by atoms with E-state index in [-0.39, 0.29) is 27.9 Å². The largest absolute Gasteiger partial charge is 0.330 e. The van der Waals surface area contributed by atoms with Crippen molar-refractivity contribution in [2.45, 2.75) is 17.7 Å². The molecule has 0 heterocycles. The van der Waals surface area contributed by atoms with Crippen LogP contribution in [0.15, 0.2) is 23.1 Å². The highest BCUT2D eigenvalue weighted by Crippen LogP contribution is 2.19. The number of nitrogens with zero attached hydrogens (tertiary/aromatic N) is 1. The highest BCUT2D eigenvalue weighted by atomic mass is 35.5. The SMILES string of the molecule is Cl.N#Cc1cc(S(=O)(=O)NCCCCN)ccc1Cl. The maximum atomic E-state index is 11.9. The Bertz CT molecular complexity index is 556. The van der Waals surface area contributed by atoms with Gasteiger partial charge >= 0.3 is 0 Å². The summed E-state index contributed by atoms with van der Waals surface area (Å²) in [5.41, 5.74) is 5.46. The number of rotatable bonds is 6. The van der Waals surface area contributed by atoms with Gasteiger partial charge in [-0.25, -0.2) is 13.1 Å². The van der Waals surface area contributed by atoms with E-state index in [0.29, 0.717) is 19.5 Å². The Hall–Kier alpha value is -0.840. The summed E-state index contributed by atoms with van der Waals surface area (Å²) in [4.78, 5) is 0.0381. The number of nitrogens with one attached hydrogen (secondary N) is 1. The highest BCUT2D eigenvalue weighted by Gasteiger charge is 2.14. The topological polar surface area (TPSA) is 96.0 Å². The van der Waals surface area contributed by atoms with Crippen LogP contribution in [-0.4, -0.2) is 21.5 Å². The minimum Gasteiger partial charge on any atom is -0.330 e. The molecular formula is C11H15Cl2N3O2S. The van der Waals surface area contributed by atoms with Gasteiger partial charge < -0.3 is 5.73 Å². The van der Waals surface area contributed by atoms with Gasteiger partial charge in [-0.15, -0.1) is 12.4 Å². The zero-order chi connectivity index (χ0) is 13.6. The van der Waals surface area contributed by atoms with E-state index >= 15 is 0 Å². The predicted octanol–water partition coefficient (Wildman–Crippen LogP) is 1.65. The summed E-state index contributed by atoms with van der Waals surface area (Å²) in [7, 11) is -3.59. The summed E-state index contributed by atoms with van der Waals surface area (Å²) in [5.74, 6) is 0. The third-order valence-electron chi connectivity index (χ3n) is 2.29. The van der Waals surface area contributed by atoms with Gasteiger partial charge in [-0.1, -0.05) is 11.6 Å². The molecule has 0 atom stereocenters. The standard InChI is InChI=1S/C11H14ClN3O2S.ClH/c12-11-4-3-10(7-9(11)8-14)18(16,17)15-6-2-1-5-13;/h3-4,7,15H,1-2,5-6,13H2;1H. The van der Waals surface area contributed by atoms with Crippen molar-refractivity contribution in [3.05, 3.63) is 28.8 Å². The lowest BCUT2D eigenvalue weighted by molar-refractivity contribution is 0.577. The van der Waals surface area contributed by atoms with Crippen LogP contribution in [0.25, 0.3) is 0 Å². The van der Waals surface area contributed by atoms with Crippen LogP contribution in [0, 0.1) is 11.3 Å². The van der Waals surface area contributed by atoms with E-state index < -0.39 is 10.0 Å². The quantitative estimate of drug-likeness (QED) is 0.778. The lowest BCUT2D eigenvalue weighted by atomic mass is 10.2. The monoisotopic (exact) mass is 323 g/mol. The summed E-state index contributed by atoms with van der Waals surface area (Å²) >= 11 is 5.74. The molecule has 0 unspecified atom stereocenters. The van der Waals surface area contributed by atoms with Gasteiger partial charge in [0.05, 0.1) is 15.5 Å². The molecule has 0 fully saturated rings. The first-order chi connectivity index (χ1) is 8.51. The fourth-order valence-electron chi connectivity index (χ4n) is 1.32. The Balaban J connectivity index is 0.00000324. The normalized spacial score (nSPS) is 10.6. The van der Waals surface area contributed by atoms with E-state index in [1.54, 1.807) is 0 Å². The van der Waals surface area contributed by atoms with Crippen LogP contribution in [0.3, 0.4) is 0 Å². The maximum Gasteiger partial charge on any atom is 0.240 e. The van der Waals surface area contributed by atoms with Gasteiger partial charge in [-0.3, -0.25) is 0 Å². The van der Waals surface area contributed by atoms with Gasteiger partial charge in [0.15, 0.2) is 0 Å². The Morgan fingerprint density at radius 3 is 2.63 bits per heavy atom. The third-order valence-corrected chi connectivity index (χ3v) is 4.08. The Kier molecular flexibility index (Phi) is 7.99. The zero-order valence-electron chi connectivity index (χ0n) is 10.1. The summed E-state index contributed by atoms with van der Waals surface area (Å²) in [6.07, 6.45) is 1.43. The number of nitrogens with two attached hydrogens (primary N) is 1. The van der Waals surface area contributed by atoms with Gasteiger partial charge in [0, 0.05) is 6.54 Å². The second-order valence-electron chi connectivity index (χ2n) is 3.65. The fourth-order valence-corrected chi connectivity index (χ4v) is 2.58. The molecule has 0 saturated carbocycles. The van der Waals surface area contributed by atoms with Crippen molar-refractivity contribution in [1.29, 1.82) is 5.26 Å². The summed E-state index contributed by atoms with van der Waals surface area (Å²) in [5, 5.41) is 9.03. The summed E-state index contributed by atoms with van der Waals surface area (Å²) in [6, 6.07) is 5.87. The molecule has 0 aliphatic rings. The van der Waals surface area contributed by atoms with Crippen molar-refractivity contribution in [2.75, 3.05) is 13.1 Å². The van der Waals surface area contributed by atoms with E-state index in [1.807, 2.05) is 6.07 Å². The van der Waals surface area contributed by atoms with Gasteiger partial charge in [-0.2, -0.15) is 5.26 Å². The van der Waals surface area contributed by atoms with Crippen LogP contribution in [-0.2, 0) is 10.0 Å². The molecule has 1 aromatic carbocycles. The second-order valence-corrected chi connectivity index (χ2v) is 5.82. The molecule has 0 aliphatic heterocycles. The van der Waals surface area contributed by atoms with Crippen molar-refractivity contribution < 1.29 is 8.42 Å². The summed E-state index contributed by atoms with van der Waals surface area (Å²) < 4.78 is 26.2. The maximum absolute atomic E-state index is 11.9. The molecule has 5 nitrogen and oxygen atoms in total. The predicted molar refractivity (Wildman–Crippen MR) is 76.9 cm³/mol. The molecule has 1 rings (SSSR count). The van der Waals surface area contributed by atoms with Gasteiger partial charge in [-0.05, 0) is 37.6 Å². The first-order valence-electron chi connectivity index (χ1n) is 5.40. The molecule has 106 valence electrons. The average Bonchev–Trinajstić information content (AvgIpc) is 2.35. The molecule has 0 radical (unpaired) electrons. The van der Waals surface area contributed by atoms with Crippen LogP contribution in [0.2, 0.25) is 5.02 Å². The van der Waals surface area contributed by atoms with Crippen LogP contribution >= 0.6 is 24.0 Å². The van der Waals surface area contributed by atoms with Crippen LogP contribution in [0.4, 0.5) is 0 Å². The molecule has 0 spiro atoms. The molecule has 19 heavy (non-hydrogen) atoms. The lowest BCUT2D eigenvalue weighted by Crippen LogP contribution is -2.25. The first-order valence-corrected chi connectivity index (χ1v) is 7.27. The number of unbranched alkanes of at least 4 members (excludes halogenated alkanes) is 1. The Labute approximate surface area is 124 Å². The molecule has 0 amide bonds. The molecule has 1 aromatic rings. The number of halogens is 2. The number of hydrogen-bond donors (Lipinski definition) is 2. The third kappa shape index (κ3) is 5.35. The van der Waals surface area contributed by atoms with Crippen LogP contribution in [0.1, 0.15) is 18.4 Å². The Morgan fingerprint density at radius 2 is 2.05 bits per heavy atom. The number of benzene rings is 1. The van der Waals surface area contributed by atoms with Crippen molar-refractivity contribution in [1.82, 2.24) is 4.72 Å². The van der Waals surface area contributed by atoms with Crippen molar-refractivity contribution >= 4 is 34.0 Å². The number of nitriles is 1. The smallest absolute Gasteiger partial charge is 0.240 e. The minimum absolute atomic E-state index is 0. The molecule has 8 heteroatoms. The van der Waals surface area contributed by atoms with Crippen molar-refractivity contribution in [3.8, 4) is 6.07 Å². The minimum atomic E-state index is -3.59. The molecule has 0 bridgehead atoms. The number of hydrogen-bond acceptors (Lipinski definition) is 4. The van der Waals surface area contributed by atoms with E-state index in [1.165, 1.54) is 18.2 Å². The van der Waals surface area contributed by atoms with Gasteiger partial charge in [0.25, 0.3) is 0 Å². The highest BCUT2D eigenvalue weighted by molar-refractivity contribution is 7.89. The average molecular weight is 324 g/mol. The molecule has 0 saturated heterocycles. The molecule has 3 N–H and O–H groups in total. The first kappa shape index (κ1) is 18.2. The van der Waals surface area contributed by atoms with Gasteiger partial charge in [0.1, 0.15) is 6.07 Å². The van der Waals surface area contributed by atoms with Gasteiger partial charge in [0.2, 0.25) is 10.0 Å². The van der Waals surface area contributed by atoms with E-state index in [9.17, 15) is 8.42 Å². The van der Waals surface area contributed by atoms with Crippen LogP contribution < -0.4 is 10.5 Å². The van der Waals surface area contributed by atoms with Crippen molar-refractivity contribution in [3.63, 3.8) is 0 Å². The van der Waals surface area contributed by atoms with Crippen LogP contribution in [0.5, 0.6) is 0 Å². The number of sulfonamides is 1. The fraction of sp³-hybridized carbons (Fsp3) is 0.364. The van der Waals surface area contributed by atoms with E-state index in [0.717, 1.165) is 6.42 Å². The van der Waals surface area contributed by atoms with E-state index in [2.05, 4.69) is 4.72 Å². The summed E-state index contributed by atoms with van der Waals surface area (Å²) in [6.45, 7) is 0.852. The van der Waals surface area contributed by atoms with E-state index in [4.69, 9.17) is 22.6 Å². The Morgan fingerprint density at radius 1 is 1.37 bits per heavy atom. The lowest BCUT2D eigenvalue weighted by Gasteiger charge is -2.07. The second kappa shape index (κ2) is 8.35. The molecule has 0 aliphatic carbocycles. The molecular weight excluding hydrogens is 309 g/mol. The zero-order valence-corrected chi connectivity index (χ0v) is 12.5.